The van der Waals surface area contributed by atoms with Gasteiger partial charge in [-0.3, -0.25) is 4.68 Å². The second-order valence-corrected chi connectivity index (χ2v) is 6.94. The highest BCUT2D eigenvalue weighted by atomic mass is 32.1. The molecule has 3 aromatic rings. The summed E-state index contributed by atoms with van der Waals surface area (Å²) in [5.41, 5.74) is 3.39. The van der Waals surface area contributed by atoms with E-state index in [4.69, 9.17) is 0 Å². The number of hydrogen-bond donors (Lipinski definition) is 2. The van der Waals surface area contributed by atoms with Crippen molar-refractivity contribution in [2.75, 3.05) is 5.32 Å². The van der Waals surface area contributed by atoms with Gasteiger partial charge in [0.05, 0.1) is 21.8 Å². The Morgan fingerprint density at radius 1 is 1.33 bits per heavy atom. The molecule has 0 spiro atoms. The Morgan fingerprint density at radius 3 is 2.88 bits per heavy atom. The highest BCUT2D eigenvalue weighted by Gasteiger charge is 2.20. The van der Waals surface area contributed by atoms with Crippen molar-refractivity contribution < 1.29 is 4.79 Å². The van der Waals surface area contributed by atoms with Gasteiger partial charge in [0.1, 0.15) is 12.2 Å². The second kappa shape index (κ2) is 6.96. The fraction of sp³-hybridized carbons (Fsp3) is 0.375. The number of benzene rings is 1. The van der Waals surface area contributed by atoms with E-state index < -0.39 is 0 Å². The maximum atomic E-state index is 12.4. The van der Waals surface area contributed by atoms with E-state index in [0.717, 1.165) is 22.5 Å². The zero-order chi connectivity index (χ0) is 17.1. The summed E-state index contributed by atoms with van der Waals surface area (Å²) in [5, 5.41) is 9.95. The third kappa shape index (κ3) is 3.70. The van der Waals surface area contributed by atoms with Crippen LogP contribution in [0.4, 0.5) is 10.5 Å². The minimum Gasteiger partial charge on any atom is -0.328 e. The Hall–Kier alpha value is -2.48. The lowest BCUT2D eigenvalue weighted by molar-refractivity contribution is 0.245. The molecule has 8 heteroatoms. The molecule has 1 aromatic carbocycles. The van der Waals surface area contributed by atoms with E-state index in [2.05, 4.69) is 39.5 Å². The van der Waals surface area contributed by atoms with Crippen molar-refractivity contribution in [3.63, 3.8) is 0 Å². The van der Waals surface area contributed by atoms with Gasteiger partial charge in [0.25, 0.3) is 0 Å². The van der Waals surface area contributed by atoms with E-state index in [-0.39, 0.29) is 12.1 Å². The van der Waals surface area contributed by atoms with Crippen LogP contribution < -0.4 is 10.6 Å². The molecule has 2 amide bonds. The number of urea groups is 1. The second-order valence-electron chi connectivity index (χ2n) is 6.06. The van der Waals surface area contributed by atoms with Crippen LogP contribution in [0.15, 0.2) is 30.0 Å². The molecule has 0 aliphatic carbocycles. The fourth-order valence-corrected chi connectivity index (χ4v) is 3.24. The van der Waals surface area contributed by atoms with Crippen molar-refractivity contribution in [1.29, 1.82) is 0 Å². The van der Waals surface area contributed by atoms with E-state index in [1.54, 1.807) is 21.5 Å². The van der Waals surface area contributed by atoms with E-state index in [1.165, 1.54) is 6.33 Å². The van der Waals surface area contributed by atoms with Crippen molar-refractivity contribution in [3.8, 4) is 0 Å². The zero-order valence-corrected chi connectivity index (χ0v) is 14.7. The lowest BCUT2D eigenvalue weighted by atomic mass is 10.0. The molecule has 0 aliphatic heterocycles. The van der Waals surface area contributed by atoms with Gasteiger partial charge in [0.2, 0.25) is 0 Å². The van der Waals surface area contributed by atoms with Crippen molar-refractivity contribution >= 4 is 33.3 Å². The molecule has 2 aromatic heterocycles. The summed E-state index contributed by atoms with van der Waals surface area (Å²) in [4.78, 5) is 20.9. The van der Waals surface area contributed by atoms with Crippen molar-refractivity contribution in [2.24, 2.45) is 13.0 Å². The maximum Gasteiger partial charge on any atom is 0.319 e. The number of anilines is 1. The smallest absolute Gasteiger partial charge is 0.319 e. The van der Waals surface area contributed by atoms with Gasteiger partial charge >= 0.3 is 6.03 Å². The number of carbonyl (C=O) groups is 1. The van der Waals surface area contributed by atoms with E-state index in [0.29, 0.717) is 11.6 Å². The van der Waals surface area contributed by atoms with E-state index in [1.807, 2.05) is 25.2 Å². The monoisotopic (exact) mass is 344 g/mol. The van der Waals surface area contributed by atoms with E-state index >= 15 is 0 Å². The molecule has 3 rings (SSSR count). The SMILES string of the molecule is CC(C)C[C@@H](NC(=O)Nc1ccc2scnc2c1)c1ncnn1C. The highest BCUT2D eigenvalue weighted by Crippen LogP contribution is 2.22. The zero-order valence-electron chi connectivity index (χ0n) is 13.9. The first-order valence-corrected chi connectivity index (χ1v) is 8.65. The van der Waals surface area contributed by atoms with Crippen molar-refractivity contribution in [1.82, 2.24) is 25.1 Å². The number of amides is 2. The maximum absolute atomic E-state index is 12.4. The first-order valence-electron chi connectivity index (χ1n) is 7.77. The first-order chi connectivity index (χ1) is 11.5. The van der Waals surface area contributed by atoms with E-state index in [9.17, 15) is 4.79 Å². The van der Waals surface area contributed by atoms with Gasteiger partial charge in [-0.2, -0.15) is 5.10 Å². The molecule has 0 radical (unpaired) electrons. The summed E-state index contributed by atoms with van der Waals surface area (Å²) in [6.07, 6.45) is 2.28. The molecule has 0 saturated carbocycles. The number of carbonyl (C=O) groups excluding carboxylic acids is 1. The van der Waals surface area contributed by atoms with Gasteiger partial charge in [-0.1, -0.05) is 13.8 Å². The molecule has 0 saturated heterocycles. The number of hydrogen-bond acceptors (Lipinski definition) is 5. The molecule has 7 nitrogen and oxygen atoms in total. The van der Waals surface area contributed by atoms with Gasteiger partial charge in [0.15, 0.2) is 0 Å². The van der Waals surface area contributed by atoms with Gasteiger partial charge in [-0.15, -0.1) is 11.3 Å². The van der Waals surface area contributed by atoms with Gasteiger partial charge in [-0.25, -0.2) is 14.8 Å². The van der Waals surface area contributed by atoms with Crippen LogP contribution in [0.2, 0.25) is 0 Å². The number of aryl methyl sites for hydroxylation is 1. The lowest BCUT2D eigenvalue weighted by Crippen LogP contribution is -2.34. The Morgan fingerprint density at radius 2 is 2.17 bits per heavy atom. The molecule has 126 valence electrons. The highest BCUT2D eigenvalue weighted by molar-refractivity contribution is 7.16. The lowest BCUT2D eigenvalue weighted by Gasteiger charge is -2.20. The molecule has 0 unspecified atom stereocenters. The average Bonchev–Trinajstić information content (AvgIpc) is 3.14. The van der Waals surface area contributed by atoms with Crippen LogP contribution in [0.1, 0.15) is 32.1 Å². The number of nitrogens with one attached hydrogen (secondary N) is 2. The van der Waals surface area contributed by atoms with Gasteiger partial charge in [-0.05, 0) is 30.5 Å². The standard InChI is InChI=1S/C16H20N6OS/c1-10(2)6-13(15-17-8-19-22(15)3)21-16(23)20-11-4-5-14-12(7-11)18-9-24-14/h4-5,7-10,13H,6H2,1-3H3,(H2,20,21,23)/t13-/m1/s1. The molecule has 2 N–H and O–H groups in total. The predicted octanol–water partition coefficient (Wildman–Crippen LogP) is 3.33. The molecule has 0 aliphatic rings. The molecule has 24 heavy (non-hydrogen) atoms. The van der Waals surface area contributed by atoms with Crippen LogP contribution in [-0.2, 0) is 7.05 Å². The van der Waals surface area contributed by atoms with Gasteiger partial charge in [0, 0.05) is 12.7 Å². The van der Waals surface area contributed by atoms with Crippen LogP contribution in [0.25, 0.3) is 10.2 Å². The largest absolute Gasteiger partial charge is 0.328 e. The Labute approximate surface area is 144 Å². The topological polar surface area (TPSA) is 84.7 Å². The Balaban J connectivity index is 1.71. The number of aromatic nitrogens is 4. The summed E-state index contributed by atoms with van der Waals surface area (Å²) >= 11 is 1.57. The van der Waals surface area contributed by atoms with Crippen LogP contribution in [-0.4, -0.2) is 25.8 Å². The Bertz CT molecular complexity index is 840. The third-order valence-electron chi connectivity index (χ3n) is 3.66. The summed E-state index contributed by atoms with van der Waals surface area (Å²) in [6, 6.07) is 5.24. The average molecular weight is 344 g/mol. The summed E-state index contributed by atoms with van der Waals surface area (Å²) < 4.78 is 2.78. The molecular formula is C16H20N6OS. The quantitative estimate of drug-likeness (QED) is 0.743. The summed E-state index contributed by atoms with van der Waals surface area (Å²) in [7, 11) is 1.82. The van der Waals surface area contributed by atoms with Crippen LogP contribution in [0, 0.1) is 5.92 Å². The Kier molecular flexibility index (Phi) is 4.75. The van der Waals surface area contributed by atoms with Crippen molar-refractivity contribution in [3.05, 3.63) is 35.9 Å². The minimum atomic E-state index is -0.266. The first kappa shape index (κ1) is 16.4. The summed E-state index contributed by atoms with van der Waals surface area (Å²) in [5.74, 6) is 1.16. The van der Waals surface area contributed by atoms with Crippen molar-refractivity contribution in [2.45, 2.75) is 26.3 Å². The molecule has 0 bridgehead atoms. The molecule has 2 heterocycles. The number of nitrogens with zero attached hydrogens (tertiary/aromatic N) is 4. The van der Waals surface area contributed by atoms with Crippen LogP contribution >= 0.6 is 11.3 Å². The molecule has 1 atom stereocenters. The number of rotatable bonds is 5. The van der Waals surface area contributed by atoms with Gasteiger partial charge < -0.3 is 10.6 Å². The predicted molar refractivity (Wildman–Crippen MR) is 95.0 cm³/mol. The van der Waals surface area contributed by atoms with Crippen LogP contribution in [0.3, 0.4) is 0 Å². The molecular weight excluding hydrogens is 324 g/mol. The fourth-order valence-electron chi connectivity index (χ4n) is 2.58. The minimum absolute atomic E-state index is 0.194. The summed E-state index contributed by atoms with van der Waals surface area (Å²) in [6.45, 7) is 4.22. The number of thiazole rings is 1. The third-order valence-corrected chi connectivity index (χ3v) is 4.47. The number of fused-ring (bicyclic) bond motifs is 1. The normalized spacial score (nSPS) is 12.5. The molecule has 0 fully saturated rings. The van der Waals surface area contributed by atoms with Crippen LogP contribution in [0.5, 0.6) is 0 Å².